The van der Waals surface area contributed by atoms with Gasteiger partial charge in [0.2, 0.25) is 0 Å². The van der Waals surface area contributed by atoms with Gasteiger partial charge >= 0.3 is 0 Å². The molecule has 0 spiro atoms. The van der Waals surface area contributed by atoms with E-state index >= 15 is 0 Å². The lowest BCUT2D eigenvalue weighted by molar-refractivity contribution is -0.117. The number of carbonyl (C=O) groups excluding carboxylic acids is 1. The second-order valence-electron chi connectivity index (χ2n) is 2.33. The van der Waals surface area contributed by atoms with Crippen molar-refractivity contribution in [3.63, 3.8) is 0 Å². The van der Waals surface area contributed by atoms with Crippen molar-refractivity contribution in [2.75, 3.05) is 5.75 Å². The summed E-state index contributed by atoms with van der Waals surface area (Å²) in [5, 5.41) is 0. The third-order valence-corrected chi connectivity index (χ3v) is 2.12. The second-order valence-corrected chi connectivity index (χ2v) is 2.70. The average Bonchev–Trinajstić information content (AvgIpc) is 2.14. The van der Waals surface area contributed by atoms with Crippen LogP contribution in [0.5, 0.6) is 0 Å². The summed E-state index contributed by atoms with van der Waals surface area (Å²) in [4.78, 5) is 10.6. The molecule has 0 aromatic rings. The lowest BCUT2D eigenvalue weighted by atomic mass is 10.1. The van der Waals surface area contributed by atoms with Crippen LogP contribution in [0.4, 0.5) is 0 Å². The van der Waals surface area contributed by atoms with E-state index < -0.39 is 0 Å². The molecule has 1 atom stereocenters. The summed E-state index contributed by atoms with van der Waals surface area (Å²) >= 11 is 4.10. The van der Waals surface area contributed by atoms with E-state index in [2.05, 4.69) is 12.6 Å². The van der Waals surface area contributed by atoms with E-state index in [4.69, 9.17) is 0 Å². The summed E-state index contributed by atoms with van der Waals surface area (Å²) in [6.07, 6.45) is 2.65. The van der Waals surface area contributed by atoms with Gasteiger partial charge in [-0.05, 0) is 18.1 Å². The van der Waals surface area contributed by atoms with E-state index in [1.807, 2.05) is 0 Å². The SMILES string of the molecule is O=C1CCC(CS)C1. The minimum absolute atomic E-state index is 0.420. The molecule has 0 N–H and O–H groups in total. The Morgan fingerprint density at radius 2 is 2.50 bits per heavy atom. The van der Waals surface area contributed by atoms with Crippen LogP contribution >= 0.6 is 12.6 Å². The summed E-state index contributed by atoms with van der Waals surface area (Å²) in [7, 11) is 0. The van der Waals surface area contributed by atoms with Gasteiger partial charge in [0.25, 0.3) is 0 Å². The number of hydrogen-bond donors (Lipinski definition) is 1. The maximum absolute atomic E-state index is 10.6. The quantitative estimate of drug-likeness (QED) is 0.529. The highest BCUT2D eigenvalue weighted by molar-refractivity contribution is 7.80. The molecule has 46 valence electrons. The molecule has 0 bridgehead atoms. The van der Waals surface area contributed by atoms with Crippen molar-refractivity contribution in [2.45, 2.75) is 19.3 Å². The van der Waals surface area contributed by atoms with Gasteiger partial charge < -0.3 is 0 Å². The first-order chi connectivity index (χ1) is 3.83. The Morgan fingerprint density at radius 3 is 2.75 bits per heavy atom. The monoisotopic (exact) mass is 130 g/mol. The van der Waals surface area contributed by atoms with Crippen molar-refractivity contribution in [2.24, 2.45) is 5.92 Å². The maximum atomic E-state index is 10.6. The fourth-order valence-corrected chi connectivity index (χ4v) is 1.36. The number of rotatable bonds is 1. The number of Topliss-reactive ketones (excluding diaryl/α,β-unsaturated/α-hetero) is 1. The zero-order chi connectivity index (χ0) is 5.98. The first kappa shape index (κ1) is 6.14. The van der Waals surface area contributed by atoms with E-state index in [9.17, 15) is 4.79 Å². The molecular formula is C6H10OS. The van der Waals surface area contributed by atoms with Crippen LogP contribution in [-0.2, 0) is 4.79 Å². The standard InChI is InChI=1S/C6H10OS/c7-6-2-1-5(3-6)4-8/h5,8H,1-4H2. The molecule has 1 aliphatic carbocycles. The Kier molecular flexibility index (Phi) is 1.95. The number of thiol groups is 1. The molecule has 1 unspecified atom stereocenters. The summed E-state index contributed by atoms with van der Waals surface area (Å²) < 4.78 is 0. The van der Waals surface area contributed by atoms with Crippen LogP contribution in [0.15, 0.2) is 0 Å². The molecular weight excluding hydrogens is 120 g/mol. The van der Waals surface area contributed by atoms with Crippen molar-refractivity contribution >= 4 is 18.4 Å². The van der Waals surface area contributed by atoms with Crippen LogP contribution in [0.2, 0.25) is 0 Å². The van der Waals surface area contributed by atoms with Gasteiger partial charge in [0, 0.05) is 12.8 Å². The van der Waals surface area contributed by atoms with Gasteiger partial charge in [0.15, 0.2) is 0 Å². The first-order valence-electron chi connectivity index (χ1n) is 2.95. The Morgan fingerprint density at radius 1 is 1.75 bits per heavy atom. The molecule has 1 nitrogen and oxygen atoms in total. The summed E-state index contributed by atoms with van der Waals surface area (Å²) in [6, 6.07) is 0. The molecule has 1 saturated carbocycles. The van der Waals surface area contributed by atoms with Crippen LogP contribution in [0.25, 0.3) is 0 Å². The summed E-state index contributed by atoms with van der Waals surface area (Å²) in [5.74, 6) is 1.89. The smallest absolute Gasteiger partial charge is 0.133 e. The zero-order valence-corrected chi connectivity index (χ0v) is 5.66. The predicted molar refractivity (Wildman–Crippen MR) is 36.2 cm³/mol. The van der Waals surface area contributed by atoms with Crippen molar-refractivity contribution in [3.8, 4) is 0 Å². The zero-order valence-electron chi connectivity index (χ0n) is 4.76. The molecule has 1 fully saturated rings. The highest BCUT2D eigenvalue weighted by atomic mass is 32.1. The fraction of sp³-hybridized carbons (Fsp3) is 0.833. The summed E-state index contributed by atoms with van der Waals surface area (Å²) in [5.41, 5.74) is 0. The van der Waals surface area contributed by atoms with Gasteiger partial charge in [-0.15, -0.1) is 0 Å². The Bertz CT molecular complexity index is 101. The number of ketones is 1. The highest BCUT2D eigenvalue weighted by Crippen LogP contribution is 2.22. The second kappa shape index (κ2) is 2.53. The van der Waals surface area contributed by atoms with E-state index in [0.29, 0.717) is 11.7 Å². The average molecular weight is 130 g/mol. The molecule has 1 aliphatic rings. The topological polar surface area (TPSA) is 17.1 Å². The predicted octanol–water partition coefficient (Wildman–Crippen LogP) is 1.29. The summed E-state index contributed by atoms with van der Waals surface area (Å²) in [6.45, 7) is 0. The van der Waals surface area contributed by atoms with E-state index in [-0.39, 0.29) is 0 Å². The lowest BCUT2D eigenvalue weighted by Gasteiger charge is -1.97. The number of hydrogen-bond acceptors (Lipinski definition) is 2. The van der Waals surface area contributed by atoms with Gasteiger partial charge in [0.1, 0.15) is 5.78 Å². The molecule has 0 aromatic heterocycles. The Labute approximate surface area is 54.9 Å². The largest absolute Gasteiger partial charge is 0.300 e. The number of carbonyl (C=O) groups is 1. The molecule has 0 aromatic carbocycles. The Balaban J connectivity index is 2.32. The van der Waals surface area contributed by atoms with Crippen molar-refractivity contribution in [1.29, 1.82) is 0 Å². The molecule has 0 radical (unpaired) electrons. The van der Waals surface area contributed by atoms with Gasteiger partial charge in [-0.3, -0.25) is 4.79 Å². The molecule has 2 heteroatoms. The van der Waals surface area contributed by atoms with E-state index in [0.717, 1.165) is 25.0 Å². The highest BCUT2D eigenvalue weighted by Gasteiger charge is 2.19. The molecule has 0 amide bonds. The Hall–Kier alpha value is 0.0200. The minimum atomic E-state index is 0.420. The normalized spacial score (nSPS) is 29.1. The van der Waals surface area contributed by atoms with Crippen LogP contribution in [0.1, 0.15) is 19.3 Å². The first-order valence-corrected chi connectivity index (χ1v) is 3.58. The van der Waals surface area contributed by atoms with Crippen molar-refractivity contribution in [1.82, 2.24) is 0 Å². The minimum Gasteiger partial charge on any atom is -0.300 e. The van der Waals surface area contributed by atoms with Gasteiger partial charge in [-0.1, -0.05) is 0 Å². The lowest BCUT2D eigenvalue weighted by Crippen LogP contribution is -1.95. The van der Waals surface area contributed by atoms with Gasteiger partial charge in [0.05, 0.1) is 0 Å². The van der Waals surface area contributed by atoms with Crippen molar-refractivity contribution < 1.29 is 4.79 Å². The van der Waals surface area contributed by atoms with Crippen LogP contribution in [0, 0.1) is 5.92 Å². The van der Waals surface area contributed by atoms with E-state index in [1.165, 1.54) is 0 Å². The molecule has 8 heavy (non-hydrogen) atoms. The van der Waals surface area contributed by atoms with Crippen molar-refractivity contribution in [3.05, 3.63) is 0 Å². The molecule has 1 rings (SSSR count). The van der Waals surface area contributed by atoms with Crippen LogP contribution < -0.4 is 0 Å². The molecule has 0 aliphatic heterocycles. The molecule has 0 saturated heterocycles. The molecule has 0 heterocycles. The third kappa shape index (κ3) is 1.25. The van der Waals surface area contributed by atoms with Crippen LogP contribution in [-0.4, -0.2) is 11.5 Å². The van der Waals surface area contributed by atoms with E-state index in [1.54, 1.807) is 0 Å². The third-order valence-electron chi connectivity index (χ3n) is 1.61. The van der Waals surface area contributed by atoms with Gasteiger partial charge in [-0.25, -0.2) is 0 Å². The maximum Gasteiger partial charge on any atom is 0.133 e. The van der Waals surface area contributed by atoms with Gasteiger partial charge in [-0.2, -0.15) is 12.6 Å². The fourth-order valence-electron chi connectivity index (χ4n) is 1.05. The van der Waals surface area contributed by atoms with Crippen LogP contribution in [0.3, 0.4) is 0 Å².